The summed E-state index contributed by atoms with van der Waals surface area (Å²) in [5.74, 6) is 0. The largest absolute Gasteiger partial charge is 0.266 e. The highest BCUT2D eigenvalue weighted by Crippen LogP contribution is 2.21. The number of aryl methyl sites for hydroxylation is 2. The molecule has 0 N–H and O–H groups in total. The smallest absolute Gasteiger partial charge is 0.127 e. The minimum atomic E-state index is 0.685. The number of hydrogen-bond acceptors (Lipinski definition) is 2. The second kappa shape index (κ2) is 4.70. The molecule has 0 unspecified atom stereocenters. The van der Waals surface area contributed by atoms with Crippen LogP contribution in [0.2, 0.25) is 5.15 Å². The predicted molar refractivity (Wildman–Crippen MR) is 64.3 cm³/mol. The van der Waals surface area contributed by atoms with Gasteiger partial charge in [0.2, 0.25) is 0 Å². The van der Waals surface area contributed by atoms with E-state index in [4.69, 9.17) is 11.6 Å². The van der Waals surface area contributed by atoms with E-state index in [1.54, 1.807) is 10.9 Å². The molecule has 5 heteroatoms. The van der Waals surface area contributed by atoms with Gasteiger partial charge in [0.15, 0.2) is 0 Å². The Morgan fingerprint density at radius 3 is 2.88 bits per heavy atom. The molecular weight excluding hydrogens is 224 g/mol. The lowest BCUT2D eigenvalue weighted by Gasteiger charge is -2.00. The summed E-state index contributed by atoms with van der Waals surface area (Å²) in [6, 6.07) is 3.82. The molecule has 2 heterocycles. The molecule has 0 amide bonds. The van der Waals surface area contributed by atoms with Crippen molar-refractivity contribution in [2.24, 2.45) is 7.05 Å². The summed E-state index contributed by atoms with van der Waals surface area (Å²) in [7, 11) is 1.90. The Morgan fingerprint density at radius 2 is 2.25 bits per heavy atom. The van der Waals surface area contributed by atoms with Gasteiger partial charge in [-0.25, -0.2) is 0 Å². The summed E-state index contributed by atoms with van der Waals surface area (Å²) in [5.41, 5.74) is 1.86. The zero-order chi connectivity index (χ0) is 11.5. The lowest BCUT2D eigenvalue weighted by atomic mass is 10.3. The molecule has 0 aliphatic carbocycles. The van der Waals surface area contributed by atoms with E-state index >= 15 is 0 Å². The van der Waals surface area contributed by atoms with Gasteiger partial charge in [0.1, 0.15) is 10.8 Å². The van der Waals surface area contributed by atoms with Crippen LogP contribution in [-0.4, -0.2) is 19.6 Å². The van der Waals surface area contributed by atoms with Crippen LogP contribution in [0.25, 0.3) is 11.4 Å². The highest BCUT2D eigenvalue weighted by Gasteiger charge is 2.10. The number of aromatic nitrogens is 4. The summed E-state index contributed by atoms with van der Waals surface area (Å²) in [6.45, 7) is 3.02. The topological polar surface area (TPSA) is 35.6 Å². The van der Waals surface area contributed by atoms with Crippen molar-refractivity contribution in [3.63, 3.8) is 0 Å². The Labute approximate surface area is 99.8 Å². The monoisotopic (exact) mass is 238 g/mol. The van der Waals surface area contributed by atoms with Gasteiger partial charge in [-0.15, -0.1) is 0 Å². The number of unbranched alkanes of at least 4 members (excludes halogenated alkanes) is 1. The zero-order valence-corrected chi connectivity index (χ0v) is 10.3. The first kappa shape index (κ1) is 11.2. The van der Waals surface area contributed by atoms with Crippen LogP contribution in [-0.2, 0) is 13.6 Å². The van der Waals surface area contributed by atoms with Crippen molar-refractivity contribution in [3.05, 3.63) is 23.5 Å². The fraction of sp³-hybridized carbons (Fsp3) is 0.455. The number of halogens is 1. The molecule has 0 atom stereocenters. The summed E-state index contributed by atoms with van der Waals surface area (Å²) >= 11 is 6.12. The average Bonchev–Trinajstić information content (AvgIpc) is 2.82. The van der Waals surface area contributed by atoms with Crippen LogP contribution in [0.3, 0.4) is 0 Å². The highest BCUT2D eigenvalue weighted by molar-refractivity contribution is 6.29. The Kier molecular flexibility index (Phi) is 3.29. The quantitative estimate of drug-likeness (QED) is 0.821. The van der Waals surface area contributed by atoms with Crippen molar-refractivity contribution in [2.75, 3.05) is 0 Å². The van der Waals surface area contributed by atoms with Crippen molar-refractivity contribution >= 4 is 11.6 Å². The van der Waals surface area contributed by atoms with Crippen LogP contribution < -0.4 is 0 Å². The van der Waals surface area contributed by atoms with Gasteiger partial charge in [-0.1, -0.05) is 24.9 Å². The van der Waals surface area contributed by atoms with Gasteiger partial charge < -0.3 is 0 Å². The van der Waals surface area contributed by atoms with Gasteiger partial charge in [0, 0.05) is 25.9 Å². The molecule has 2 rings (SSSR count). The highest BCUT2D eigenvalue weighted by atomic mass is 35.5. The van der Waals surface area contributed by atoms with Crippen molar-refractivity contribution in [1.82, 2.24) is 19.6 Å². The van der Waals surface area contributed by atoms with E-state index in [2.05, 4.69) is 17.1 Å². The Hall–Kier alpha value is -1.29. The third kappa shape index (κ3) is 2.11. The second-order valence-electron chi connectivity index (χ2n) is 3.77. The molecule has 0 spiro atoms. The molecule has 0 fully saturated rings. The van der Waals surface area contributed by atoms with Gasteiger partial charge in [-0.3, -0.25) is 9.36 Å². The van der Waals surface area contributed by atoms with E-state index in [0.717, 1.165) is 30.8 Å². The summed E-state index contributed by atoms with van der Waals surface area (Å²) in [5, 5.41) is 9.28. The van der Waals surface area contributed by atoms with Gasteiger partial charge in [0.25, 0.3) is 0 Å². The van der Waals surface area contributed by atoms with Crippen LogP contribution in [0.4, 0.5) is 0 Å². The Balaban J connectivity index is 2.27. The molecule has 2 aromatic rings. The Bertz CT molecular complexity index is 472. The fourth-order valence-corrected chi connectivity index (χ4v) is 1.83. The second-order valence-corrected chi connectivity index (χ2v) is 4.16. The summed E-state index contributed by atoms with van der Waals surface area (Å²) in [6.07, 6.45) is 3.98. The molecule has 0 aliphatic heterocycles. The van der Waals surface area contributed by atoms with Crippen molar-refractivity contribution in [1.29, 1.82) is 0 Å². The maximum absolute atomic E-state index is 6.12. The van der Waals surface area contributed by atoms with Gasteiger partial charge in [-0.05, 0) is 12.5 Å². The summed E-state index contributed by atoms with van der Waals surface area (Å²) < 4.78 is 3.64. The molecule has 0 bridgehead atoms. The third-order valence-electron chi connectivity index (χ3n) is 2.54. The van der Waals surface area contributed by atoms with Crippen molar-refractivity contribution in [2.45, 2.75) is 26.3 Å². The molecule has 0 aliphatic rings. The van der Waals surface area contributed by atoms with E-state index in [1.165, 1.54) is 0 Å². The normalized spacial score (nSPS) is 10.9. The predicted octanol–water partition coefficient (Wildman–Crippen LogP) is 2.74. The minimum absolute atomic E-state index is 0.685. The molecular formula is C11H15ClN4. The van der Waals surface area contributed by atoms with E-state index in [1.807, 2.05) is 23.9 Å². The van der Waals surface area contributed by atoms with Crippen molar-refractivity contribution < 1.29 is 0 Å². The van der Waals surface area contributed by atoms with Crippen LogP contribution in [0.1, 0.15) is 19.8 Å². The first-order valence-corrected chi connectivity index (χ1v) is 5.82. The summed E-state index contributed by atoms with van der Waals surface area (Å²) in [4.78, 5) is 0. The van der Waals surface area contributed by atoms with Crippen LogP contribution >= 0.6 is 11.6 Å². The number of nitrogens with zero attached hydrogens (tertiary/aromatic N) is 4. The lowest BCUT2D eigenvalue weighted by Crippen LogP contribution is -2.00. The lowest BCUT2D eigenvalue weighted by molar-refractivity contribution is 0.573. The third-order valence-corrected chi connectivity index (χ3v) is 2.84. The van der Waals surface area contributed by atoms with Crippen LogP contribution in [0.5, 0.6) is 0 Å². The van der Waals surface area contributed by atoms with Gasteiger partial charge in [0.05, 0.1) is 5.69 Å². The van der Waals surface area contributed by atoms with Crippen LogP contribution in [0, 0.1) is 0 Å². The molecule has 0 radical (unpaired) electrons. The van der Waals surface area contributed by atoms with E-state index in [0.29, 0.717) is 5.15 Å². The van der Waals surface area contributed by atoms with E-state index < -0.39 is 0 Å². The molecule has 4 nitrogen and oxygen atoms in total. The molecule has 0 aromatic carbocycles. The standard InChI is InChI=1S/C11H15ClN4/c1-3-4-7-16-11(12)8-9(14-16)10-5-6-13-15(10)2/h5-6,8H,3-4,7H2,1-2H3. The first-order chi connectivity index (χ1) is 7.72. The number of hydrogen-bond donors (Lipinski definition) is 0. The first-order valence-electron chi connectivity index (χ1n) is 5.44. The number of rotatable bonds is 4. The average molecular weight is 239 g/mol. The zero-order valence-electron chi connectivity index (χ0n) is 9.52. The fourth-order valence-electron chi connectivity index (χ4n) is 1.61. The maximum atomic E-state index is 6.12. The van der Waals surface area contributed by atoms with E-state index in [-0.39, 0.29) is 0 Å². The van der Waals surface area contributed by atoms with Crippen molar-refractivity contribution in [3.8, 4) is 11.4 Å². The molecule has 0 saturated heterocycles. The minimum Gasteiger partial charge on any atom is -0.266 e. The van der Waals surface area contributed by atoms with Gasteiger partial charge >= 0.3 is 0 Å². The van der Waals surface area contributed by atoms with E-state index in [9.17, 15) is 0 Å². The van der Waals surface area contributed by atoms with Gasteiger partial charge in [-0.2, -0.15) is 10.2 Å². The van der Waals surface area contributed by atoms with Crippen LogP contribution in [0.15, 0.2) is 18.3 Å². The Morgan fingerprint density at radius 1 is 1.44 bits per heavy atom. The molecule has 86 valence electrons. The SMILES string of the molecule is CCCCn1nc(-c2ccnn2C)cc1Cl. The molecule has 16 heavy (non-hydrogen) atoms. The molecule has 2 aromatic heterocycles. The molecule has 0 saturated carbocycles. The maximum Gasteiger partial charge on any atom is 0.127 e.